The minimum absolute atomic E-state index is 0.408. The van der Waals surface area contributed by atoms with Crippen LogP contribution in [0.1, 0.15) is 65.2 Å². The van der Waals surface area contributed by atoms with E-state index >= 15 is 0 Å². The van der Waals surface area contributed by atoms with Crippen LogP contribution < -0.4 is 0 Å². The van der Waals surface area contributed by atoms with Crippen LogP contribution in [0, 0.1) is 22.0 Å². The molecule has 3 fully saturated rings. The zero-order valence-corrected chi connectivity index (χ0v) is 11.5. The monoisotopic (exact) mass is 252 g/mol. The van der Waals surface area contributed by atoms with E-state index in [0.29, 0.717) is 11.8 Å². The summed E-state index contributed by atoms with van der Waals surface area (Å²) < 4.78 is 0. The third kappa shape index (κ3) is 1.25. The van der Waals surface area contributed by atoms with Gasteiger partial charge in [0.15, 0.2) is 5.54 Å². The third-order valence-electron chi connectivity index (χ3n) is 6.28. The Hall–Kier alpha value is -0.640. The molecule has 3 aliphatic rings. The number of nitroso groups, excluding NO2 is 1. The molecule has 0 aromatic heterocycles. The van der Waals surface area contributed by atoms with Crippen LogP contribution in [0.4, 0.5) is 0 Å². The Morgan fingerprint density at radius 3 is 1.94 bits per heavy atom. The quantitative estimate of drug-likeness (QED) is 0.708. The van der Waals surface area contributed by atoms with Crippen LogP contribution in [0.25, 0.3) is 0 Å². The highest BCUT2D eigenvalue weighted by molar-refractivity contribution is 5.13. The van der Waals surface area contributed by atoms with Gasteiger partial charge in [0.05, 0.1) is 4.91 Å². The van der Waals surface area contributed by atoms with E-state index in [1.165, 1.54) is 25.7 Å². The Bertz CT molecular complexity index is 361. The van der Waals surface area contributed by atoms with Crippen molar-refractivity contribution in [2.24, 2.45) is 11.8 Å². The molecule has 18 heavy (non-hydrogen) atoms. The molecule has 2 aliphatic carbocycles. The standard InChI is InChI=1S/C14H24N2O2/c1-13(11-7-3-4-8-11)14(2,16(18)15(13)17)12-9-5-6-10-12/h11-12H,3-10H2,1-2H3. The maximum atomic E-state index is 12.2. The average Bonchev–Trinajstić information content (AvgIpc) is 3.06. The van der Waals surface area contributed by atoms with Gasteiger partial charge in [-0.1, -0.05) is 25.7 Å². The molecule has 1 heterocycles. The molecule has 0 N–H and O–H groups in total. The van der Waals surface area contributed by atoms with Crippen molar-refractivity contribution in [3.05, 3.63) is 10.1 Å². The molecule has 3 rings (SSSR count). The lowest BCUT2D eigenvalue weighted by Crippen LogP contribution is -2.83. The van der Waals surface area contributed by atoms with Gasteiger partial charge >= 0.3 is 0 Å². The molecule has 2 unspecified atom stereocenters. The molecule has 0 aromatic carbocycles. The molecule has 2 atom stereocenters. The molecule has 4 nitrogen and oxygen atoms in total. The fourth-order valence-electron chi connectivity index (χ4n) is 4.83. The summed E-state index contributed by atoms with van der Waals surface area (Å²) in [5.41, 5.74) is -0.916. The van der Waals surface area contributed by atoms with Gasteiger partial charge in [-0.3, -0.25) is 0 Å². The van der Waals surface area contributed by atoms with Gasteiger partial charge in [0.2, 0.25) is 0 Å². The predicted molar refractivity (Wildman–Crippen MR) is 69.6 cm³/mol. The topological polar surface area (TPSA) is 46.4 Å². The van der Waals surface area contributed by atoms with Crippen molar-refractivity contribution in [3.63, 3.8) is 0 Å². The summed E-state index contributed by atoms with van der Waals surface area (Å²) in [6, 6.07) is 0. The minimum atomic E-state index is -0.458. The molecule has 2 saturated carbocycles. The fourth-order valence-corrected chi connectivity index (χ4v) is 4.83. The molecule has 0 spiro atoms. The largest absolute Gasteiger partial charge is 0.704 e. The van der Waals surface area contributed by atoms with Crippen LogP contribution in [-0.2, 0) is 0 Å². The smallest absolute Gasteiger partial charge is 0.270 e. The number of nitrogens with zero attached hydrogens (tertiary/aromatic N) is 2. The van der Waals surface area contributed by atoms with E-state index in [2.05, 4.69) is 0 Å². The summed E-state index contributed by atoms with van der Waals surface area (Å²) in [5.74, 6) is 0.816. The zero-order valence-electron chi connectivity index (χ0n) is 11.5. The normalized spacial score (nSPS) is 42.6. The summed E-state index contributed by atoms with van der Waals surface area (Å²) in [6.07, 6.45) is 9.33. The van der Waals surface area contributed by atoms with Crippen molar-refractivity contribution in [1.29, 1.82) is 0 Å². The van der Waals surface area contributed by atoms with Gasteiger partial charge in [0.25, 0.3) is 5.54 Å². The number of hydrogen-bond acceptors (Lipinski definition) is 2. The first-order chi connectivity index (χ1) is 8.53. The Morgan fingerprint density at radius 2 is 1.44 bits per heavy atom. The lowest BCUT2D eigenvalue weighted by Gasteiger charge is -2.60. The molecule has 0 bridgehead atoms. The number of hydrazine groups is 1. The van der Waals surface area contributed by atoms with Gasteiger partial charge in [-0.05, 0) is 38.5 Å². The highest BCUT2D eigenvalue weighted by Gasteiger charge is 2.77. The molecular formula is C14H24N2O2. The first-order valence-corrected chi connectivity index (χ1v) is 7.47. The van der Waals surface area contributed by atoms with E-state index in [1.54, 1.807) is 0 Å². The molecular weight excluding hydrogens is 228 g/mol. The van der Waals surface area contributed by atoms with Gasteiger partial charge in [0, 0.05) is 12.8 Å². The highest BCUT2D eigenvalue weighted by atomic mass is 16.6. The van der Waals surface area contributed by atoms with Crippen LogP contribution in [0.2, 0.25) is 0 Å². The zero-order chi connectivity index (χ0) is 13.0. The Labute approximate surface area is 109 Å². The lowest BCUT2D eigenvalue weighted by atomic mass is 9.61. The summed E-state index contributed by atoms with van der Waals surface area (Å²) >= 11 is 0. The number of hydroxylamine groups is 1. The first kappa shape index (κ1) is 12.4. The second-order valence-corrected chi connectivity index (χ2v) is 6.80. The van der Waals surface area contributed by atoms with Crippen molar-refractivity contribution >= 4 is 0 Å². The van der Waals surface area contributed by atoms with Gasteiger partial charge in [-0.25, -0.2) is 0 Å². The third-order valence-corrected chi connectivity index (χ3v) is 6.28. The number of hydrogen-bond donors (Lipinski definition) is 0. The predicted octanol–water partition coefficient (Wildman–Crippen LogP) is 3.39. The van der Waals surface area contributed by atoms with Crippen LogP contribution in [0.5, 0.6) is 0 Å². The maximum Gasteiger partial charge on any atom is 0.270 e. The lowest BCUT2D eigenvalue weighted by molar-refractivity contribution is -0.862. The van der Waals surface area contributed by atoms with E-state index in [0.717, 1.165) is 35.7 Å². The highest BCUT2D eigenvalue weighted by Crippen LogP contribution is 2.57. The second kappa shape index (κ2) is 3.92. The van der Waals surface area contributed by atoms with Crippen LogP contribution in [-0.4, -0.2) is 21.1 Å². The van der Waals surface area contributed by atoms with E-state index in [1.807, 2.05) is 13.8 Å². The van der Waals surface area contributed by atoms with Crippen LogP contribution >= 0.6 is 0 Å². The van der Waals surface area contributed by atoms with Crippen LogP contribution in [0.3, 0.4) is 0 Å². The molecule has 0 amide bonds. The first-order valence-electron chi connectivity index (χ1n) is 7.47. The summed E-state index contributed by atoms with van der Waals surface area (Å²) in [7, 11) is 0. The van der Waals surface area contributed by atoms with Gasteiger partial charge in [0.1, 0.15) is 4.87 Å². The van der Waals surface area contributed by atoms with E-state index in [4.69, 9.17) is 0 Å². The minimum Gasteiger partial charge on any atom is -0.704 e. The Balaban J connectivity index is 1.93. The summed E-state index contributed by atoms with van der Waals surface area (Å²) in [4.78, 5) is 12.9. The van der Waals surface area contributed by atoms with Crippen LogP contribution in [0.15, 0.2) is 0 Å². The SMILES string of the molecule is CC1(C2CCCC2)N([O-])[N+](=O)C1(C)C1CCCC1. The van der Waals surface area contributed by atoms with Gasteiger partial charge in [-0.15, -0.1) is 0 Å². The van der Waals surface area contributed by atoms with Crippen molar-refractivity contribution in [2.45, 2.75) is 76.3 Å². The van der Waals surface area contributed by atoms with Gasteiger partial charge in [-0.2, -0.15) is 5.17 Å². The Kier molecular flexibility index (Phi) is 2.70. The van der Waals surface area contributed by atoms with Crippen molar-refractivity contribution in [3.8, 4) is 0 Å². The summed E-state index contributed by atoms with van der Waals surface area (Å²) in [6.45, 7) is 4.09. The van der Waals surface area contributed by atoms with Gasteiger partial charge < -0.3 is 5.21 Å². The van der Waals surface area contributed by atoms with E-state index < -0.39 is 11.1 Å². The molecule has 4 heteroatoms. The maximum absolute atomic E-state index is 12.2. The fraction of sp³-hybridized carbons (Fsp3) is 1.00. The van der Waals surface area contributed by atoms with E-state index in [-0.39, 0.29) is 0 Å². The molecule has 0 radical (unpaired) electrons. The van der Waals surface area contributed by atoms with E-state index in [9.17, 15) is 10.1 Å². The van der Waals surface area contributed by atoms with Crippen molar-refractivity contribution in [1.82, 2.24) is 5.17 Å². The molecule has 1 aliphatic heterocycles. The molecule has 102 valence electrons. The Morgan fingerprint density at radius 1 is 1.00 bits per heavy atom. The molecule has 0 aromatic rings. The number of rotatable bonds is 2. The summed E-state index contributed by atoms with van der Waals surface area (Å²) in [5, 5.41) is 12.9. The second-order valence-electron chi connectivity index (χ2n) is 6.80. The average molecular weight is 252 g/mol. The molecule has 1 saturated heterocycles. The van der Waals surface area contributed by atoms with Crippen molar-refractivity contribution in [2.75, 3.05) is 0 Å². The van der Waals surface area contributed by atoms with Crippen molar-refractivity contribution < 1.29 is 4.87 Å².